The molecule has 2 N–H and O–H groups in total. The molecule has 1 amide bonds. The van der Waals surface area contributed by atoms with Crippen LogP contribution < -0.4 is 14.8 Å². The molecular formula is C16H23NO5S. The van der Waals surface area contributed by atoms with Crippen molar-refractivity contribution >= 4 is 23.6 Å². The van der Waals surface area contributed by atoms with E-state index in [1.807, 2.05) is 25.1 Å². The van der Waals surface area contributed by atoms with Crippen molar-refractivity contribution < 1.29 is 24.2 Å². The molecule has 128 valence electrons. The van der Waals surface area contributed by atoms with Crippen LogP contribution in [-0.4, -0.2) is 49.3 Å². The maximum absolute atomic E-state index is 11.6. The van der Waals surface area contributed by atoms with Gasteiger partial charge in [-0.3, -0.25) is 9.59 Å². The quantitative estimate of drug-likeness (QED) is 0.675. The van der Waals surface area contributed by atoms with Crippen molar-refractivity contribution in [3.63, 3.8) is 0 Å². The zero-order chi connectivity index (χ0) is 17.2. The van der Waals surface area contributed by atoms with Crippen LogP contribution in [0, 0.1) is 5.92 Å². The van der Waals surface area contributed by atoms with Gasteiger partial charge in [0.05, 0.1) is 25.7 Å². The maximum Gasteiger partial charge on any atom is 0.313 e. The highest BCUT2D eigenvalue weighted by atomic mass is 32.2. The first-order valence-corrected chi connectivity index (χ1v) is 8.38. The average molecular weight is 341 g/mol. The maximum atomic E-state index is 11.6. The Morgan fingerprint density at radius 3 is 2.52 bits per heavy atom. The number of amides is 1. The monoisotopic (exact) mass is 341 g/mol. The summed E-state index contributed by atoms with van der Waals surface area (Å²) in [6.07, 6.45) is 0.795. The lowest BCUT2D eigenvalue weighted by atomic mass is 10.0. The minimum atomic E-state index is -0.912. The van der Waals surface area contributed by atoms with Crippen LogP contribution in [0.4, 0.5) is 0 Å². The zero-order valence-corrected chi connectivity index (χ0v) is 14.4. The van der Waals surface area contributed by atoms with Gasteiger partial charge in [-0.1, -0.05) is 13.0 Å². The molecule has 1 aromatic rings. The number of methoxy groups -OCH3 is 2. The normalized spacial score (nSPS) is 11.6. The predicted molar refractivity (Wildman–Crippen MR) is 90.4 cm³/mol. The van der Waals surface area contributed by atoms with E-state index < -0.39 is 5.97 Å². The molecule has 6 nitrogen and oxygen atoms in total. The number of thioether (sulfide) groups is 1. The molecule has 0 heterocycles. The van der Waals surface area contributed by atoms with Crippen molar-refractivity contribution in [2.24, 2.45) is 5.92 Å². The molecule has 1 rings (SSSR count). The van der Waals surface area contributed by atoms with Gasteiger partial charge in [-0.05, 0) is 30.0 Å². The number of hydrogen-bond acceptors (Lipinski definition) is 5. The molecule has 0 aromatic heterocycles. The van der Waals surface area contributed by atoms with Crippen molar-refractivity contribution in [2.45, 2.75) is 13.3 Å². The third-order valence-corrected chi connectivity index (χ3v) is 4.06. The summed E-state index contributed by atoms with van der Waals surface area (Å²) in [6, 6.07) is 5.77. The summed E-state index contributed by atoms with van der Waals surface area (Å²) in [6.45, 7) is 2.59. The van der Waals surface area contributed by atoms with E-state index in [9.17, 15) is 9.59 Å². The molecule has 0 saturated carbocycles. The zero-order valence-electron chi connectivity index (χ0n) is 13.6. The lowest BCUT2D eigenvalue weighted by Gasteiger charge is -2.14. The number of rotatable bonds is 10. The van der Waals surface area contributed by atoms with Crippen molar-refractivity contribution in [3.05, 3.63) is 23.8 Å². The Morgan fingerprint density at radius 2 is 1.91 bits per heavy atom. The molecule has 0 spiro atoms. The van der Waals surface area contributed by atoms with Crippen LogP contribution in [0.2, 0.25) is 0 Å². The predicted octanol–water partition coefficient (Wildman–Crippen LogP) is 1.82. The summed E-state index contributed by atoms with van der Waals surface area (Å²) >= 11 is 1.09. The Hall–Kier alpha value is -1.89. The molecule has 0 aliphatic carbocycles. The Kier molecular flexibility index (Phi) is 8.32. The molecule has 0 fully saturated rings. The topological polar surface area (TPSA) is 84.9 Å². The van der Waals surface area contributed by atoms with E-state index in [1.165, 1.54) is 0 Å². The van der Waals surface area contributed by atoms with E-state index in [0.717, 1.165) is 23.7 Å². The number of nitrogens with one attached hydrogen (secondary N) is 1. The number of carboxylic acids is 1. The van der Waals surface area contributed by atoms with Crippen LogP contribution >= 0.6 is 11.8 Å². The standard InChI is InChI=1S/C16H23NO5S/c1-11(8-17-15(18)9-23-10-16(19)20)6-12-4-5-13(21-2)14(7-12)22-3/h4-5,7,11H,6,8-10H2,1-3H3,(H,17,18)(H,19,20). The molecule has 1 atom stereocenters. The first-order valence-electron chi connectivity index (χ1n) is 7.23. The fourth-order valence-electron chi connectivity index (χ4n) is 2.05. The summed E-state index contributed by atoms with van der Waals surface area (Å²) in [5.41, 5.74) is 1.10. The fraction of sp³-hybridized carbons (Fsp3) is 0.500. The molecular weight excluding hydrogens is 318 g/mol. The van der Waals surface area contributed by atoms with Gasteiger partial charge in [0, 0.05) is 6.54 Å². The molecule has 0 radical (unpaired) electrons. The minimum Gasteiger partial charge on any atom is -0.493 e. The van der Waals surface area contributed by atoms with E-state index in [-0.39, 0.29) is 23.3 Å². The highest BCUT2D eigenvalue weighted by Gasteiger charge is 2.10. The van der Waals surface area contributed by atoms with Gasteiger partial charge in [-0.25, -0.2) is 0 Å². The highest BCUT2D eigenvalue weighted by molar-refractivity contribution is 8.00. The van der Waals surface area contributed by atoms with Gasteiger partial charge in [0.25, 0.3) is 0 Å². The summed E-state index contributed by atoms with van der Waals surface area (Å²) < 4.78 is 10.5. The van der Waals surface area contributed by atoms with Crippen LogP contribution in [0.5, 0.6) is 11.5 Å². The Morgan fingerprint density at radius 1 is 1.22 bits per heavy atom. The number of carboxylic acid groups (broad SMARTS) is 1. The van der Waals surface area contributed by atoms with Crippen molar-refractivity contribution in [1.29, 1.82) is 0 Å². The first kappa shape index (κ1) is 19.2. The molecule has 0 saturated heterocycles. The largest absolute Gasteiger partial charge is 0.493 e. The van der Waals surface area contributed by atoms with Gasteiger partial charge < -0.3 is 19.9 Å². The van der Waals surface area contributed by atoms with E-state index in [1.54, 1.807) is 14.2 Å². The molecule has 0 bridgehead atoms. The molecule has 7 heteroatoms. The minimum absolute atomic E-state index is 0.0609. The van der Waals surface area contributed by atoms with Crippen LogP contribution in [0.15, 0.2) is 18.2 Å². The Labute approximate surface area is 140 Å². The van der Waals surface area contributed by atoms with Gasteiger partial charge in [0.1, 0.15) is 0 Å². The van der Waals surface area contributed by atoms with E-state index >= 15 is 0 Å². The second kappa shape index (κ2) is 9.99. The summed E-state index contributed by atoms with van der Waals surface area (Å²) in [4.78, 5) is 22.0. The Bertz CT molecular complexity index is 535. The second-order valence-corrected chi connectivity index (χ2v) is 6.17. The van der Waals surface area contributed by atoms with Gasteiger partial charge in [-0.2, -0.15) is 0 Å². The van der Waals surface area contributed by atoms with Gasteiger partial charge in [0.2, 0.25) is 5.91 Å². The molecule has 23 heavy (non-hydrogen) atoms. The van der Waals surface area contributed by atoms with Crippen LogP contribution in [0.3, 0.4) is 0 Å². The molecule has 1 unspecified atom stereocenters. The third-order valence-electron chi connectivity index (χ3n) is 3.14. The van der Waals surface area contributed by atoms with Gasteiger partial charge in [-0.15, -0.1) is 11.8 Å². The van der Waals surface area contributed by atoms with Gasteiger partial charge in [0.15, 0.2) is 11.5 Å². The number of hydrogen-bond donors (Lipinski definition) is 2. The lowest BCUT2D eigenvalue weighted by Crippen LogP contribution is -2.30. The SMILES string of the molecule is COc1ccc(CC(C)CNC(=O)CSCC(=O)O)cc1OC. The highest BCUT2D eigenvalue weighted by Crippen LogP contribution is 2.28. The summed E-state index contributed by atoms with van der Waals surface area (Å²) in [5, 5.41) is 11.3. The third kappa shape index (κ3) is 7.27. The van der Waals surface area contributed by atoms with Crippen LogP contribution in [0.1, 0.15) is 12.5 Å². The summed E-state index contributed by atoms with van der Waals surface area (Å²) in [7, 11) is 3.19. The molecule has 0 aliphatic heterocycles. The number of carbonyl (C=O) groups is 2. The van der Waals surface area contributed by atoms with Crippen LogP contribution in [0.25, 0.3) is 0 Å². The van der Waals surface area contributed by atoms with Crippen molar-refractivity contribution in [2.75, 3.05) is 32.3 Å². The van der Waals surface area contributed by atoms with Gasteiger partial charge >= 0.3 is 5.97 Å². The van der Waals surface area contributed by atoms with E-state index in [2.05, 4.69) is 5.32 Å². The second-order valence-electron chi connectivity index (χ2n) is 5.19. The van der Waals surface area contributed by atoms with Crippen LogP contribution in [-0.2, 0) is 16.0 Å². The summed E-state index contributed by atoms with van der Waals surface area (Å²) in [5.74, 6) is 0.671. The van der Waals surface area contributed by atoms with E-state index in [0.29, 0.717) is 18.0 Å². The fourth-order valence-corrected chi connectivity index (χ4v) is 2.62. The number of aliphatic carboxylic acids is 1. The molecule has 0 aliphatic rings. The van der Waals surface area contributed by atoms with Crippen molar-refractivity contribution in [1.82, 2.24) is 5.32 Å². The van der Waals surface area contributed by atoms with Crippen molar-refractivity contribution in [3.8, 4) is 11.5 Å². The smallest absolute Gasteiger partial charge is 0.313 e. The Balaban J connectivity index is 2.40. The number of carbonyl (C=O) groups excluding carboxylic acids is 1. The molecule has 1 aromatic carbocycles. The average Bonchev–Trinajstić information content (AvgIpc) is 2.52. The number of ether oxygens (including phenoxy) is 2. The lowest BCUT2D eigenvalue weighted by molar-refractivity contribution is -0.133. The first-order chi connectivity index (χ1) is 11.0. The number of benzene rings is 1. The van der Waals surface area contributed by atoms with E-state index in [4.69, 9.17) is 14.6 Å².